The molecule has 0 N–H and O–H groups in total. The molecule has 0 radical (unpaired) electrons. The van der Waals surface area contributed by atoms with Gasteiger partial charge in [0, 0.05) is 22.1 Å². The van der Waals surface area contributed by atoms with Gasteiger partial charge in [-0.15, -0.1) is 11.7 Å². The number of aromatic nitrogens is 3. The largest absolute Gasteiger partial charge is 0.304 e. The summed E-state index contributed by atoms with van der Waals surface area (Å²) in [4.78, 5) is 33.0. The van der Waals surface area contributed by atoms with E-state index in [0.717, 1.165) is 26.9 Å². The predicted molar refractivity (Wildman–Crippen MR) is 122 cm³/mol. The summed E-state index contributed by atoms with van der Waals surface area (Å²) in [7, 11) is 0. The lowest BCUT2D eigenvalue weighted by Gasteiger charge is -2.14. The van der Waals surface area contributed by atoms with Gasteiger partial charge in [-0.25, -0.2) is 0 Å². The average molecular weight is 479 g/mol. The molecule has 8 heteroatoms. The van der Waals surface area contributed by atoms with Gasteiger partial charge in [-0.05, 0) is 30.7 Å². The lowest BCUT2D eigenvalue weighted by molar-refractivity contribution is -0.112. The Kier molecular flexibility index (Phi) is 4.41. The maximum atomic E-state index is 13.2. The standard InChI is InChI=1S/C22H15BrN4O2S/c1-3-10-26-16-9-8-13(23)11-15(16)17(20(26)28)18-21(29)27-22(30-18)24-19(25-27)14-7-5-4-6-12(14)2/h3-9,11H,1,10H2,2H3/b18-17-. The summed E-state index contributed by atoms with van der Waals surface area (Å²) in [5.74, 6) is 0.283. The Morgan fingerprint density at radius 2 is 1.97 bits per heavy atom. The van der Waals surface area contributed by atoms with Crippen LogP contribution in [0.3, 0.4) is 0 Å². The van der Waals surface area contributed by atoms with Gasteiger partial charge < -0.3 is 4.90 Å². The maximum Gasteiger partial charge on any atom is 0.291 e. The van der Waals surface area contributed by atoms with Gasteiger partial charge in [0.1, 0.15) is 4.53 Å². The van der Waals surface area contributed by atoms with Crippen LogP contribution in [0.4, 0.5) is 5.69 Å². The minimum Gasteiger partial charge on any atom is -0.304 e. The number of hydrogen-bond donors (Lipinski definition) is 0. The molecular formula is C22H15BrN4O2S. The lowest BCUT2D eigenvalue weighted by atomic mass is 10.1. The number of fused-ring (bicyclic) bond motifs is 2. The number of aryl methyl sites for hydroxylation is 1. The van der Waals surface area contributed by atoms with Crippen LogP contribution in [0.2, 0.25) is 0 Å². The molecule has 2 aromatic heterocycles. The molecule has 0 bridgehead atoms. The van der Waals surface area contributed by atoms with Crippen molar-refractivity contribution >= 4 is 49.4 Å². The Labute approximate surface area is 183 Å². The zero-order chi connectivity index (χ0) is 21.0. The van der Waals surface area contributed by atoms with Crippen molar-refractivity contribution in [2.24, 2.45) is 0 Å². The van der Waals surface area contributed by atoms with Crippen LogP contribution in [0.5, 0.6) is 0 Å². The molecule has 2 aromatic carbocycles. The van der Waals surface area contributed by atoms with E-state index in [1.54, 1.807) is 11.0 Å². The van der Waals surface area contributed by atoms with Crippen molar-refractivity contribution in [2.75, 3.05) is 11.4 Å². The normalized spacial score (nSPS) is 15.1. The number of benzene rings is 2. The van der Waals surface area contributed by atoms with E-state index in [4.69, 9.17) is 0 Å². The highest BCUT2D eigenvalue weighted by Crippen LogP contribution is 2.37. The van der Waals surface area contributed by atoms with E-state index >= 15 is 0 Å². The molecule has 4 aromatic rings. The van der Waals surface area contributed by atoms with E-state index < -0.39 is 0 Å². The van der Waals surface area contributed by atoms with E-state index in [2.05, 4.69) is 32.6 Å². The Balaban J connectivity index is 1.76. The third-order valence-electron chi connectivity index (χ3n) is 5.06. The van der Waals surface area contributed by atoms with Crippen molar-refractivity contribution in [1.29, 1.82) is 0 Å². The van der Waals surface area contributed by atoms with Crippen LogP contribution >= 0.6 is 27.3 Å². The quantitative estimate of drug-likeness (QED) is 0.423. The fraction of sp³-hybridized carbons (Fsp3) is 0.0909. The second-order valence-electron chi connectivity index (χ2n) is 6.92. The van der Waals surface area contributed by atoms with Gasteiger partial charge in [0.25, 0.3) is 11.5 Å². The second-order valence-corrected chi connectivity index (χ2v) is 8.82. The first-order valence-electron chi connectivity index (χ1n) is 9.22. The summed E-state index contributed by atoms with van der Waals surface area (Å²) in [5, 5.41) is 4.43. The van der Waals surface area contributed by atoms with Gasteiger partial charge in [0.2, 0.25) is 4.96 Å². The molecule has 3 heterocycles. The van der Waals surface area contributed by atoms with E-state index in [9.17, 15) is 9.59 Å². The number of thiazole rings is 1. The lowest BCUT2D eigenvalue weighted by Crippen LogP contribution is -2.32. The molecule has 0 unspecified atom stereocenters. The van der Waals surface area contributed by atoms with E-state index in [-0.39, 0.29) is 11.5 Å². The molecule has 0 fully saturated rings. The molecule has 0 aliphatic carbocycles. The first-order valence-corrected chi connectivity index (χ1v) is 10.8. The number of halogens is 1. The molecular weight excluding hydrogens is 464 g/mol. The highest BCUT2D eigenvalue weighted by molar-refractivity contribution is 9.10. The SMILES string of the molecule is C=CCN1C(=O)/C(=c2\sc3nc(-c4ccccc4C)nn3c2=O)c2cc(Br)ccc21. The van der Waals surface area contributed by atoms with Crippen LogP contribution in [-0.2, 0) is 4.79 Å². The highest BCUT2D eigenvalue weighted by Gasteiger charge is 2.34. The second kappa shape index (κ2) is 7.00. The summed E-state index contributed by atoms with van der Waals surface area (Å²) in [6, 6.07) is 13.4. The third kappa shape index (κ3) is 2.75. The van der Waals surface area contributed by atoms with E-state index in [1.165, 1.54) is 15.9 Å². The van der Waals surface area contributed by atoms with Crippen LogP contribution in [0, 0.1) is 6.92 Å². The van der Waals surface area contributed by atoms with Gasteiger partial charge in [-0.1, -0.05) is 57.6 Å². The minimum absolute atomic E-state index is 0.219. The third-order valence-corrected chi connectivity index (χ3v) is 6.58. The molecule has 1 aliphatic rings. The summed E-state index contributed by atoms with van der Waals surface area (Å²) < 4.78 is 2.47. The molecule has 5 rings (SSSR count). The van der Waals surface area contributed by atoms with Gasteiger partial charge in [-0.3, -0.25) is 9.59 Å². The van der Waals surface area contributed by atoms with Crippen LogP contribution in [0.1, 0.15) is 11.1 Å². The Morgan fingerprint density at radius 3 is 2.70 bits per heavy atom. The minimum atomic E-state index is -0.336. The first kappa shape index (κ1) is 18.9. The summed E-state index contributed by atoms with van der Waals surface area (Å²) in [6.07, 6.45) is 1.67. The van der Waals surface area contributed by atoms with Crippen molar-refractivity contribution < 1.29 is 4.79 Å². The fourth-order valence-electron chi connectivity index (χ4n) is 3.66. The number of hydrogen-bond acceptors (Lipinski definition) is 5. The monoisotopic (exact) mass is 478 g/mol. The number of carbonyl (C=O) groups is 1. The van der Waals surface area contributed by atoms with E-state index in [1.807, 2.05) is 49.4 Å². The summed E-state index contributed by atoms with van der Waals surface area (Å²) >= 11 is 4.65. The molecule has 0 saturated carbocycles. The van der Waals surface area contributed by atoms with E-state index in [0.29, 0.717) is 27.4 Å². The van der Waals surface area contributed by atoms with Crippen molar-refractivity contribution in [1.82, 2.24) is 14.6 Å². The van der Waals surface area contributed by atoms with Gasteiger partial charge in [-0.2, -0.15) is 9.50 Å². The number of amides is 1. The van der Waals surface area contributed by atoms with Crippen molar-refractivity contribution in [2.45, 2.75) is 6.92 Å². The van der Waals surface area contributed by atoms with Crippen LogP contribution in [0.15, 0.2) is 64.4 Å². The Morgan fingerprint density at radius 1 is 1.17 bits per heavy atom. The molecule has 6 nitrogen and oxygen atoms in total. The van der Waals surface area contributed by atoms with Crippen LogP contribution < -0.4 is 15.0 Å². The smallest absolute Gasteiger partial charge is 0.291 e. The molecule has 0 atom stereocenters. The van der Waals surface area contributed by atoms with Crippen molar-refractivity contribution in [3.8, 4) is 11.4 Å². The Hall–Kier alpha value is -3.10. The number of anilines is 1. The van der Waals surface area contributed by atoms with Crippen LogP contribution in [0.25, 0.3) is 21.9 Å². The fourth-order valence-corrected chi connectivity index (χ4v) is 5.02. The molecule has 1 aliphatic heterocycles. The topological polar surface area (TPSA) is 67.6 Å². The average Bonchev–Trinajstić information content (AvgIpc) is 3.34. The van der Waals surface area contributed by atoms with Gasteiger partial charge in [0.05, 0.1) is 11.3 Å². The molecule has 1 amide bonds. The summed E-state index contributed by atoms with van der Waals surface area (Å²) in [5.41, 5.74) is 3.44. The van der Waals surface area contributed by atoms with Crippen LogP contribution in [-0.4, -0.2) is 27.0 Å². The maximum absolute atomic E-state index is 13.2. The molecule has 0 spiro atoms. The van der Waals surface area contributed by atoms with Crippen molar-refractivity contribution in [3.05, 3.63) is 85.6 Å². The first-order chi connectivity index (χ1) is 14.5. The van der Waals surface area contributed by atoms with Gasteiger partial charge in [0.15, 0.2) is 5.82 Å². The molecule has 148 valence electrons. The predicted octanol–water partition coefficient (Wildman–Crippen LogP) is 3.34. The molecule has 30 heavy (non-hydrogen) atoms. The number of carbonyl (C=O) groups excluding carboxylic acids is 1. The zero-order valence-corrected chi connectivity index (χ0v) is 18.3. The Bertz CT molecular complexity index is 1470. The zero-order valence-electron chi connectivity index (χ0n) is 15.9. The van der Waals surface area contributed by atoms with Crippen molar-refractivity contribution in [3.63, 3.8) is 0 Å². The summed E-state index contributed by atoms with van der Waals surface area (Å²) in [6.45, 7) is 6.08. The molecule has 0 saturated heterocycles. The number of rotatable bonds is 3. The van der Waals surface area contributed by atoms with Gasteiger partial charge >= 0.3 is 0 Å². The number of nitrogens with zero attached hydrogens (tertiary/aromatic N) is 4. The highest BCUT2D eigenvalue weighted by atomic mass is 79.9.